The van der Waals surface area contributed by atoms with Crippen molar-refractivity contribution in [1.29, 1.82) is 0 Å². The van der Waals surface area contributed by atoms with Crippen LogP contribution in [0.4, 0.5) is 11.4 Å². The predicted molar refractivity (Wildman–Crippen MR) is 79.8 cm³/mol. The zero-order valence-electron chi connectivity index (χ0n) is 9.40. The Hall–Kier alpha value is -0.500. The first-order valence-corrected chi connectivity index (χ1v) is 7.60. The summed E-state index contributed by atoms with van der Waals surface area (Å²) in [6, 6.07) is 5.16. The minimum Gasteiger partial charge on any atom is -0.384 e. The van der Waals surface area contributed by atoms with Crippen LogP contribution in [0.3, 0.4) is 0 Å². The van der Waals surface area contributed by atoms with Crippen LogP contribution in [0.5, 0.6) is 0 Å². The van der Waals surface area contributed by atoms with Gasteiger partial charge in [0.2, 0.25) is 0 Å². The standard InChI is InChI=1S/C11H13IN2O2S/c1-17-11(4-5-11)7-13-8-2-3-10(14(15)16)9(12)6-8/h2-3,6,13H,4-5,7H2,1H3. The highest BCUT2D eigenvalue weighted by molar-refractivity contribution is 14.1. The first-order chi connectivity index (χ1) is 8.06. The van der Waals surface area contributed by atoms with E-state index in [-0.39, 0.29) is 10.6 Å². The van der Waals surface area contributed by atoms with Gasteiger partial charge in [0.15, 0.2) is 0 Å². The van der Waals surface area contributed by atoms with Crippen LogP contribution in [-0.4, -0.2) is 22.5 Å². The lowest BCUT2D eigenvalue weighted by Gasteiger charge is -2.14. The largest absolute Gasteiger partial charge is 0.384 e. The molecule has 0 radical (unpaired) electrons. The van der Waals surface area contributed by atoms with Crippen LogP contribution >= 0.6 is 34.4 Å². The lowest BCUT2D eigenvalue weighted by Crippen LogP contribution is -2.17. The number of nitrogens with one attached hydrogen (secondary N) is 1. The van der Waals surface area contributed by atoms with E-state index in [0.29, 0.717) is 8.32 Å². The molecule has 6 heteroatoms. The van der Waals surface area contributed by atoms with Gasteiger partial charge in [-0.15, -0.1) is 0 Å². The number of hydrogen-bond donors (Lipinski definition) is 1. The van der Waals surface area contributed by atoms with E-state index in [4.69, 9.17) is 0 Å². The molecule has 1 aromatic rings. The fourth-order valence-electron chi connectivity index (χ4n) is 1.62. The first kappa shape index (κ1) is 12.9. The highest BCUT2D eigenvalue weighted by Crippen LogP contribution is 2.47. The minimum atomic E-state index is -0.351. The first-order valence-electron chi connectivity index (χ1n) is 5.29. The van der Waals surface area contributed by atoms with Crippen LogP contribution in [0, 0.1) is 13.7 Å². The SMILES string of the molecule is CSC1(CNc2ccc([N+](=O)[O-])c(I)c2)CC1. The van der Waals surface area contributed by atoms with Crippen molar-refractivity contribution in [1.82, 2.24) is 0 Å². The number of anilines is 1. The van der Waals surface area contributed by atoms with Crippen molar-refractivity contribution in [3.63, 3.8) is 0 Å². The number of benzene rings is 1. The van der Waals surface area contributed by atoms with E-state index >= 15 is 0 Å². The van der Waals surface area contributed by atoms with Gasteiger partial charge < -0.3 is 5.32 Å². The molecule has 0 spiro atoms. The summed E-state index contributed by atoms with van der Waals surface area (Å²) < 4.78 is 1.07. The molecule has 1 fully saturated rings. The number of thioether (sulfide) groups is 1. The normalized spacial score (nSPS) is 16.6. The average Bonchev–Trinajstić information content (AvgIpc) is 3.07. The average molecular weight is 364 g/mol. The molecule has 2 rings (SSSR count). The van der Waals surface area contributed by atoms with Crippen LogP contribution in [0.1, 0.15) is 12.8 Å². The molecule has 0 aliphatic heterocycles. The van der Waals surface area contributed by atoms with Gasteiger partial charge in [0.25, 0.3) is 5.69 Å². The van der Waals surface area contributed by atoms with Crippen molar-refractivity contribution in [2.45, 2.75) is 17.6 Å². The Morgan fingerprint density at radius 1 is 1.59 bits per heavy atom. The zero-order chi connectivity index (χ0) is 12.5. The van der Waals surface area contributed by atoms with E-state index in [1.165, 1.54) is 12.8 Å². The molecule has 0 amide bonds. The van der Waals surface area contributed by atoms with Crippen molar-refractivity contribution in [3.05, 3.63) is 31.9 Å². The van der Waals surface area contributed by atoms with E-state index in [0.717, 1.165) is 12.2 Å². The summed E-state index contributed by atoms with van der Waals surface area (Å²) in [7, 11) is 0. The molecule has 1 aromatic carbocycles. The lowest BCUT2D eigenvalue weighted by atomic mass is 10.2. The van der Waals surface area contributed by atoms with Crippen LogP contribution in [-0.2, 0) is 0 Å². The van der Waals surface area contributed by atoms with Crippen LogP contribution < -0.4 is 5.32 Å². The Balaban J connectivity index is 2.03. The van der Waals surface area contributed by atoms with Gasteiger partial charge >= 0.3 is 0 Å². The van der Waals surface area contributed by atoms with Crippen LogP contribution in [0.15, 0.2) is 18.2 Å². The fraction of sp³-hybridized carbons (Fsp3) is 0.455. The molecular weight excluding hydrogens is 351 g/mol. The molecule has 0 heterocycles. The molecule has 0 bridgehead atoms. The Labute approximate surface area is 118 Å². The fourth-order valence-corrected chi connectivity index (χ4v) is 3.06. The van der Waals surface area contributed by atoms with Crippen molar-refractivity contribution < 1.29 is 4.92 Å². The second-order valence-electron chi connectivity index (χ2n) is 4.16. The molecule has 4 nitrogen and oxygen atoms in total. The molecule has 1 aliphatic rings. The molecule has 0 atom stereocenters. The molecule has 17 heavy (non-hydrogen) atoms. The summed E-state index contributed by atoms with van der Waals surface area (Å²) in [6.45, 7) is 0.933. The number of nitro benzene ring substituents is 1. The van der Waals surface area contributed by atoms with Gasteiger partial charge in [0.05, 0.1) is 8.49 Å². The summed E-state index contributed by atoms with van der Waals surface area (Å²) >= 11 is 3.90. The Morgan fingerprint density at radius 3 is 2.76 bits per heavy atom. The molecule has 0 unspecified atom stereocenters. The Morgan fingerprint density at radius 2 is 2.29 bits per heavy atom. The Bertz CT molecular complexity index is 449. The zero-order valence-corrected chi connectivity index (χ0v) is 12.4. The van der Waals surface area contributed by atoms with Gasteiger partial charge in [-0.05, 0) is 53.8 Å². The predicted octanol–water partition coefficient (Wildman–Crippen LogP) is 3.51. The summed E-state index contributed by atoms with van der Waals surface area (Å²) in [6.07, 6.45) is 4.64. The van der Waals surface area contributed by atoms with Gasteiger partial charge in [0.1, 0.15) is 0 Å². The molecule has 1 saturated carbocycles. The lowest BCUT2D eigenvalue weighted by molar-refractivity contribution is -0.385. The maximum atomic E-state index is 10.7. The molecule has 0 aromatic heterocycles. The third kappa shape index (κ3) is 3.04. The third-order valence-corrected chi connectivity index (χ3v) is 5.28. The second-order valence-corrected chi connectivity index (χ2v) is 6.60. The minimum absolute atomic E-state index is 0.169. The second kappa shape index (κ2) is 5.01. The van der Waals surface area contributed by atoms with Crippen molar-refractivity contribution in [3.8, 4) is 0 Å². The monoisotopic (exact) mass is 364 g/mol. The number of nitrogens with zero attached hydrogens (tertiary/aromatic N) is 1. The van der Waals surface area contributed by atoms with Crippen molar-refractivity contribution in [2.24, 2.45) is 0 Å². The maximum Gasteiger partial charge on any atom is 0.282 e. The van der Waals surface area contributed by atoms with Gasteiger partial charge in [-0.3, -0.25) is 10.1 Å². The van der Waals surface area contributed by atoms with Gasteiger partial charge in [-0.2, -0.15) is 11.8 Å². The van der Waals surface area contributed by atoms with E-state index in [2.05, 4.69) is 11.6 Å². The molecule has 92 valence electrons. The molecule has 0 saturated heterocycles. The van der Waals surface area contributed by atoms with Gasteiger partial charge in [0, 0.05) is 23.0 Å². The number of halogens is 1. The third-order valence-electron chi connectivity index (χ3n) is 3.00. The van der Waals surface area contributed by atoms with Crippen LogP contribution in [0.2, 0.25) is 0 Å². The van der Waals surface area contributed by atoms with Crippen LogP contribution in [0.25, 0.3) is 0 Å². The summed E-state index contributed by atoms with van der Waals surface area (Å²) in [5.74, 6) is 0. The van der Waals surface area contributed by atoms with E-state index in [1.807, 2.05) is 40.4 Å². The van der Waals surface area contributed by atoms with E-state index in [9.17, 15) is 10.1 Å². The number of nitro groups is 1. The smallest absolute Gasteiger partial charge is 0.282 e. The van der Waals surface area contributed by atoms with E-state index in [1.54, 1.807) is 12.1 Å². The molecule has 1 aliphatic carbocycles. The quantitative estimate of drug-likeness (QED) is 0.494. The Kier molecular flexibility index (Phi) is 3.82. The van der Waals surface area contributed by atoms with Crippen molar-refractivity contribution >= 4 is 45.7 Å². The van der Waals surface area contributed by atoms with E-state index < -0.39 is 0 Å². The highest BCUT2D eigenvalue weighted by atomic mass is 127. The number of hydrogen-bond acceptors (Lipinski definition) is 4. The molecule has 1 N–H and O–H groups in total. The van der Waals surface area contributed by atoms with Gasteiger partial charge in [-0.1, -0.05) is 0 Å². The van der Waals surface area contributed by atoms with Crippen molar-refractivity contribution in [2.75, 3.05) is 18.1 Å². The van der Waals surface area contributed by atoms with Gasteiger partial charge in [-0.25, -0.2) is 0 Å². The highest BCUT2D eigenvalue weighted by Gasteiger charge is 2.41. The summed E-state index contributed by atoms with van der Waals surface area (Å²) in [5.41, 5.74) is 1.13. The topological polar surface area (TPSA) is 55.2 Å². The summed E-state index contributed by atoms with van der Waals surface area (Å²) in [5, 5.41) is 14.0. The summed E-state index contributed by atoms with van der Waals surface area (Å²) in [4.78, 5) is 10.3. The number of rotatable bonds is 5. The maximum absolute atomic E-state index is 10.7. The molecular formula is C11H13IN2O2S.